The summed E-state index contributed by atoms with van der Waals surface area (Å²) < 4.78 is 5.55. The minimum Gasteiger partial charge on any atom is -0.381 e. The van der Waals surface area contributed by atoms with Gasteiger partial charge in [0.1, 0.15) is 0 Å². The summed E-state index contributed by atoms with van der Waals surface area (Å²) in [7, 11) is 2.24. The molecule has 0 aliphatic carbocycles. The van der Waals surface area contributed by atoms with Gasteiger partial charge in [-0.3, -0.25) is 9.80 Å². The standard InChI is InChI=1S/C17H23N3O/c1-19-8-9-20(14-17(19)6-10-21-11-7-17)13-16-5-3-2-4-15(16)12-18/h2-5H,6-11,13-14H2,1H3. The summed E-state index contributed by atoms with van der Waals surface area (Å²) in [6.45, 7) is 5.85. The molecule has 21 heavy (non-hydrogen) atoms. The van der Waals surface area contributed by atoms with Crippen molar-refractivity contribution in [3.8, 4) is 6.07 Å². The average molecular weight is 285 g/mol. The fourth-order valence-electron chi connectivity index (χ4n) is 3.58. The van der Waals surface area contributed by atoms with Crippen LogP contribution < -0.4 is 0 Å². The molecule has 4 heteroatoms. The Kier molecular flexibility index (Phi) is 4.25. The van der Waals surface area contributed by atoms with Crippen molar-refractivity contribution in [2.45, 2.75) is 24.9 Å². The maximum atomic E-state index is 9.24. The van der Waals surface area contributed by atoms with Crippen LogP contribution in [0.2, 0.25) is 0 Å². The molecule has 0 N–H and O–H groups in total. The molecule has 0 aromatic heterocycles. The highest BCUT2D eigenvalue weighted by atomic mass is 16.5. The third-order valence-electron chi connectivity index (χ3n) is 5.03. The van der Waals surface area contributed by atoms with E-state index in [1.165, 1.54) is 0 Å². The Morgan fingerprint density at radius 1 is 1.24 bits per heavy atom. The van der Waals surface area contributed by atoms with Gasteiger partial charge in [0, 0.05) is 44.9 Å². The average Bonchev–Trinajstić information content (AvgIpc) is 2.52. The molecule has 2 heterocycles. The zero-order valence-corrected chi connectivity index (χ0v) is 12.7. The predicted octanol–water partition coefficient (Wildman–Crippen LogP) is 1.85. The molecule has 0 amide bonds. The quantitative estimate of drug-likeness (QED) is 0.831. The second kappa shape index (κ2) is 6.15. The van der Waals surface area contributed by atoms with Gasteiger partial charge in [0.25, 0.3) is 0 Å². The van der Waals surface area contributed by atoms with Gasteiger partial charge in [-0.2, -0.15) is 5.26 Å². The molecule has 1 aromatic carbocycles. The summed E-state index contributed by atoms with van der Waals surface area (Å²) in [6, 6.07) is 10.3. The Labute approximate surface area is 126 Å². The summed E-state index contributed by atoms with van der Waals surface area (Å²) in [5.41, 5.74) is 2.21. The first-order valence-electron chi connectivity index (χ1n) is 7.73. The lowest BCUT2D eigenvalue weighted by molar-refractivity contribution is -0.0625. The van der Waals surface area contributed by atoms with Gasteiger partial charge < -0.3 is 4.74 Å². The van der Waals surface area contributed by atoms with E-state index in [0.717, 1.165) is 63.4 Å². The molecular formula is C17H23N3O. The molecule has 4 nitrogen and oxygen atoms in total. The third kappa shape index (κ3) is 2.96. The molecule has 2 aliphatic rings. The summed E-state index contributed by atoms with van der Waals surface area (Å²) in [5, 5.41) is 9.24. The Hall–Kier alpha value is -1.41. The first-order chi connectivity index (χ1) is 10.2. The highest BCUT2D eigenvalue weighted by molar-refractivity contribution is 5.37. The van der Waals surface area contributed by atoms with Crippen molar-refractivity contribution in [3.63, 3.8) is 0 Å². The van der Waals surface area contributed by atoms with Crippen LogP contribution in [0.25, 0.3) is 0 Å². The molecular weight excluding hydrogens is 262 g/mol. The molecule has 0 bridgehead atoms. The van der Waals surface area contributed by atoms with Crippen LogP contribution in [0.15, 0.2) is 24.3 Å². The molecule has 0 saturated carbocycles. The maximum absolute atomic E-state index is 9.24. The summed E-state index contributed by atoms with van der Waals surface area (Å²) in [5.74, 6) is 0. The monoisotopic (exact) mass is 285 g/mol. The van der Waals surface area contributed by atoms with Crippen molar-refractivity contribution in [2.24, 2.45) is 0 Å². The lowest BCUT2D eigenvalue weighted by Crippen LogP contribution is -2.62. The van der Waals surface area contributed by atoms with E-state index < -0.39 is 0 Å². The number of hydrogen-bond acceptors (Lipinski definition) is 4. The highest BCUT2D eigenvalue weighted by Crippen LogP contribution is 2.31. The number of hydrogen-bond donors (Lipinski definition) is 0. The van der Waals surface area contributed by atoms with E-state index in [-0.39, 0.29) is 5.54 Å². The van der Waals surface area contributed by atoms with Crippen LogP contribution in [0.3, 0.4) is 0 Å². The predicted molar refractivity (Wildman–Crippen MR) is 81.8 cm³/mol. The van der Waals surface area contributed by atoms with E-state index in [0.29, 0.717) is 0 Å². The largest absolute Gasteiger partial charge is 0.381 e. The van der Waals surface area contributed by atoms with Gasteiger partial charge in [0.05, 0.1) is 11.6 Å². The highest BCUT2D eigenvalue weighted by Gasteiger charge is 2.40. The molecule has 112 valence electrons. The number of likely N-dealkylation sites (N-methyl/N-ethyl adjacent to an activating group) is 1. The molecule has 0 unspecified atom stereocenters. The minimum atomic E-state index is 0.262. The first-order valence-corrected chi connectivity index (χ1v) is 7.73. The van der Waals surface area contributed by atoms with Gasteiger partial charge in [0.15, 0.2) is 0 Å². The molecule has 2 aliphatic heterocycles. The SMILES string of the molecule is CN1CCN(Cc2ccccc2C#N)CC12CCOCC2. The normalized spacial score (nSPS) is 23.0. The van der Waals surface area contributed by atoms with Crippen molar-refractivity contribution in [1.29, 1.82) is 5.26 Å². The number of nitrogens with zero attached hydrogens (tertiary/aromatic N) is 3. The van der Waals surface area contributed by atoms with Crippen LogP contribution in [-0.4, -0.2) is 55.2 Å². The van der Waals surface area contributed by atoms with Gasteiger partial charge >= 0.3 is 0 Å². The topological polar surface area (TPSA) is 39.5 Å². The van der Waals surface area contributed by atoms with Crippen LogP contribution in [0.4, 0.5) is 0 Å². The minimum absolute atomic E-state index is 0.262. The van der Waals surface area contributed by atoms with Gasteiger partial charge in [0.2, 0.25) is 0 Å². The fraction of sp³-hybridized carbons (Fsp3) is 0.588. The van der Waals surface area contributed by atoms with E-state index in [2.05, 4.69) is 29.0 Å². The van der Waals surface area contributed by atoms with Crippen LogP contribution in [0.5, 0.6) is 0 Å². The zero-order valence-electron chi connectivity index (χ0n) is 12.7. The van der Waals surface area contributed by atoms with Crippen molar-refractivity contribution in [1.82, 2.24) is 9.80 Å². The lowest BCUT2D eigenvalue weighted by Gasteiger charge is -2.51. The van der Waals surface area contributed by atoms with Gasteiger partial charge in [-0.05, 0) is 31.5 Å². The molecule has 2 fully saturated rings. The Morgan fingerprint density at radius 3 is 2.76 bits per heavy atom. The Morgan fingerprint density at radius 2 is 2.00 bits per heavy atom. The molecule has 0 atom stereocenters. The van der Waals surface area contributed by atoms with E-state index in [1.807, 2.05) is 18.2 Å². The van der Waals surface area contributed by atoms with Gasteiger partial charge in [-0.1, -0.05) is 18.2 Å². The maximum Gasteiger partial charge on any atom is 0.0995 e. The summed E-state index contributed by atoms with van der Waals surface area (Å²) >= 11 is 0. The van der Waals surface area contributed by atoms with Crippen molar-refractivity contribution < 1.29 is 4.74 Å². The van der Waals surface area contributed by atoms with Crippen molar-refractivity contribution >= 4 is 0 Å². The molecule has 1 aromatic rings. The summed E-state index contributed by atoms with van der Waals surface area (Å²) in [4.78, 5) is 5.02. The second-order valence-corrected chi connectivity index (χ2v) is 6.24. The smallest absolute Gasteiger partial charge is 0.0995 e. The van der Waals surface area contributed by atoms with Crippen molar-refractivity contribution in [2.75, 3.05) is 39.9 Å². The van der Waals surface area contributed by atoms with Crippen LogP contribution >= 0.6 is 0 Å². The van der Waals surface area contributed by atoms with Crippen LogP contribution in [0.1, 0.15) is 24.0 Å². The van der Waals surface area contributed by atoms with E-state index in [4.69, 9.17) is 4.74 Å². The van der Waals surface area contributed by atoms with E-state index in [9.17, 15) is 5.26 Å². The van der Waals surface area contributed by atoms with Crippen molar-refractivity contribution in [3.05, 3.63) is 35.4 Å². The fourth-order valence-corrected chi connectivity index (χ4v) is 3.58. The zero-order chi connectivity index (χ0) is 14.7. The second-order valence-electron chi connectivity index (χ2n) is 6.24. The van der Waals surface area contributed by atoms with Crippen LogP contribution in [-0.2, 0) is 11.3 Å². The summed E-state index contributed by atoms with van der Waals surface area (Å²) in [6.07, 6.45) is 2.22. The van der Waals surface area contributed by atoms with E-state index >= 15 is 0 Å². The lowest BCUT2D eigenvalue weighted by atomic mass is 9.85. The molecule has 2 saturated heterocycles. The van der Waals surface area contributed by atoms with Gasteiger partial charge in [-0.15, -0.1) is 0 Å². The van der Waals surface area contributed by atoms with Crippen LogP contribution in [0, 0.1) is 11.3 Å². The third-order valence-corrected chi connectivity index (χ3v) is 5.03. The number of benzene rings is 1. The first kappa shape index (κ1) is 14.5. The molecule has 0 radical (unpaired) electrons. The number of ether oxygens (including phenoxy) is 1. The number of piperazine rings is 1. The van der Waals surface area contributed by atoms with E-state index in [1.54, 1.807) is 0 Å². The molecule has 1 spiro atoms. The Bertz CT molecular complexity index is 531. The number of nitriles is 1. The number of rotatable bonds is 2. The molecule has 3 rings (SSSR count). The Balaban J connectivity index is 1.73. The van der Waals surface area contributed by atoms with Gasteiger partial charge in [-0.25, -0.2) is 0 Å².